The number of hydrogen-bond donors (Lipinski definition) is 2. The summed E-state index contributed by atoms with van der Waals surface area (Å²) < 4.78 is 5.52. The van der Waals surface area contributed by atoms with E-state index in [4.69, 9.17) is 10.5 Å². The van der Waals surface area contributed by atoms with Crippen LogP contribution in [0.1, 0.15) is 29.4 Å². The molecule has 1 amide bonds. The zero-order chi connectivity index (χ0) is 15.1. The summed E-state index contributed by atoms with van der Waals surface area (Å²) in [5.41, 5.74) is 7.69. The van der Waals surface area contributed by atoms with Crippen LogP contribution in [0.15, 0.2) is 42.6 Å². The molecule has 0 aliphatic carbocycles. The Bertz CT molecular complexity index is 600. The minimum absolute atomic E-state index is 0.179. The molecule has 0 saturated heterocycles. The number of ether oxygens (including phenoxy) is 1. The molecule has 5 nitrogen and oxygen atoms in total. The standard InChI is InChI=1S/C16H19N3O2/c1-2-9-21-15-10-12(6-7-14(15)17)16(20)19-11-13-5-3-4-8-18-13/h3-8,10H,2,9,11,17H2,1H3,(H,19,20). The van der Waals surface area contributed by atoms with Gasteiger partial charge in [-0.3, -0.25) is 9.78 Å². The van der Waals surface area contributed by atoms with E-state index in [1.807, 2.05) is 25.1 Å². The predicted octanol–water partition coefficient (Wildman–Crippen LogP) is 2.38. The number of benzene rings is 1. The lowest BCUT2D eigenvalue weighted by Crippen LogP contribution is -2.23. The van der Waals surface area contributed by atoms with Gasteiger partial charge in [-0.25, -0.2) is 0 Å². The number of nitrogens with one attached hydrogen (secondary N) is 1. The summed E-state index contributed by atoms with van der Waals surface area (Å²) in [4.78, 5) is 16.3. The Balaban J connectivity index is 2.01. The molecule has 110 valence electrons. The van der Waals surface area contributed by atoms with Gasteiger partial charge in [0, 0.05) is 11.8 Å². The quantitative estimate of drug-likeness (QED) is 0.799. The fraction of sp³-hybridized carbons (Fsp3) is 0.250. The number of carbonyl (C=O) groups is 1. The average molecular weight is 285 g/mol. The van der Waals surface area contributed by atoms with Crippen LogP contribution in [0.4, 0.5) is 5.69 Å². The van der Waals surface area contributed by atoms with Crippen LogP contribution in [-0.2, 0) is 6.54 Å². The fourth-order valence-electron chi connectivity index (χ4n) is 1.79. The number of rotatable bonds is 6. The minimum Gasteiger partial charge on any atom is -0.491 e. The van der Waals surface area contributed by atoms with Crippen molar-refractivity contribution in [2.75, 3.05) is 12.3 Å². The Hall–Kier alpha value is -2.56. The van der Waals surface area contributed by atoms with E-state index < -0.39 is 0 Å². The first-order valence-electron chi connectivity index (χ1n) is 6.91. The smallest absolute Gasteiger partial charge is 0.251 e. The molecule has 5 heteroatoms. The third-order valence-electron chi connectivity index (χ3n) is 2.89. The summed E-state index contributed by atoms with van der Waals surface area (Å²) in [7, 11) is 0. The number of aromatic nitrogens is 1. The number of anilines is 1. The van der Waals surface area contributed by atoms with Gasteiger partial charge < -0.3 is 15.8 Å². The monoisotopic (exact) mass is 285 g/mol. The topological polar surface area (TPSA) is 77.2 Å². The third-order valence-corrected chi connectivity index (χ3v) is 2.89. The summed E-state index contributed by atoms with van der Waals surface area (Å²) in [5, 5.41) is 2.82. The van der Waals surface area contributed by atoms with Gasteiger partial charge in [-0.15, -0.1) is 0 Å². The van der Waals surface area contributed by atoms with Crippen LogP contribution in [0.3, 0.4) is 0 Å². The molecule has 0 fully saturated rings. The highest BCUT2D eigenvalue weighted by molar-refractivity contribution is 5.95. The summed E-state index contributed by atoms with van der Waals surface area (Å²) in [5.74, 6) is 0.365. The van der Waals surface area contributed by atoms with Crippen LogP contribution in [0.2, 0.25) is 0 Å². The van der Waals surface area contributed by atoms with Gasteiger partial charge in [0.25, 0.3) is 5.91 Å². The second-order valence-corrected chi connectivity index (χ2v) is 4.60. The van der Waals surface area contributed by atoms with Crippen LogP contribution in [-0.4, -0.2) is 17.5 Å². The molecule has 3 N–H and O–H groups in total. The molecule has 0 radical (unpaired) electrons. The van der Waals surface area contributed by atoms with Gasteiger partial charge in [0.15, 0.2) is 0 Å². The Morgan fingerprint density at radius 2 is 2.19 bits per heavy atom. The van der Waals surface area contributed by atoms with Crippen LogP contribution < -0.4 is 15.8 Å². The zero-order valence-electron chi connectivity index (χ0n) is 12.0. The first-order chi connectivity index (χ1) is 10.2. The molecule has 1 heterocycles. The van der Waals surface area contributed by atoms with Crippen molar-refractivity contribution >= 4 is 11.6 Å². The summed E-state index contributed by atoms with van der Waals surface area (Å²) in [6, 6.07) is 10.6. The Morgan fingerprint density at radius 1 is 1.33 bits per heavy atom. The first-order valence-corrected chi connectivity index (χ1v) is 6.91. The lowest BCUT2D eigenvalue weighted by atomic mass is 10.1. The largest absolute Gasteiger partial charge is 0.491 e. The highest BCUT2D eigenvalue weighted by Gasteiger charge is 2.09. The van der Waals surface area contributed by atoms with Crippen molar-refractivity contribution in [3.8, 4) is 5.75 Å². The lowest BCUT2D eigenvalue weighted by molar-refractivity contribution is 0.0950. The molecule has 0 aliphatic heterocycles. The second kappa shape index (κ2) is 7.28. The first kappa shape index (κ1) is 14.8. The summed E-state index contributed by atoms with van der Waals surface area (Å²) in [6.45, 7) is 2.97. The molecular weight excluding hydrogens is 266 g/mol. The number of nitrogen functional groups attached to an aromatic ring is 1. The number of amides is 1. The maximum atomic E-state index is 12.1. The number of pyridine rings is 1. The summed E-state index contributed by atoms with van der Waals surface area (Å²) >= 11 is 0. The predicted molar refractivity (Wildman–Crippen MR) is 82.0 cm³/mol. The van der Waals surface area contributed by atoms with Gasteiger partial charge in [-0.2, -0.15) is 0 Å². The van der Waals surface area contributed by atoms with Crippen molar-refractivity contribution in [1.29, 1.82) is 0 Å². The van der Waals surface area contributed by atoms with E-state index in [0.29, 0.717) is 30.2 Å². The normalized spacial score (nSPS) is 10.1. The van der Waals surface area contributed by atoms with Crippen molar-refractivity contribution in [3.05, 3.63) is 53.9 Å². The Kier molecular flexibility index (Phi) is 5.15. The Morgan fingerprint density at radius 3 is 2.90 bits per heavy atom. The highest BCUT2D eigenvalue weighted by Crippen LogP contribution is 2.23. The number of hydrogen-bond acceptors (Lipinski definition) is 4. The molecule has 0 saturated carbocycles. The molecular formula is C16H19N3O2. The third kappa shape index (κ3) is 4.21. The molecule has 0 unspecified atom stereocenters. The molecule has 0 aliphatic rings. The van der Waals surface area contributed by atoms with Gasteiger partial charge in [0.05, 0.1) is 24.5 Å². The molecule has 0 spiro atoms. The van der Waals surface area contributed by atoms with E-state index >= 15 is 0 Å². The molecule has 21 heavy (non-hydrogen) atoms. The van der Waals surface area contributed by atoms with Crippen molar-refractivity contribution in [2.45, 2.75) is 19.9 Å². The number of nitrogens with zero attached hydrogens (tertiary/aromatic N) is 1. The van der Waals surface area contributed by atoms with Crippen LogP contribution in [0.5, 0.6) is 5.75 Å². The van der Waals surface area contributed by atoms with Crippen molar-refractivity contribution < 1.29 is 9.53 Å². The van der Waals surface area contributed by atoms with E-state index in [9.17, 15) is 4.79 Å². The van der Waals surface area contributed by atoms with E-state index in [1.54, 1.807) is 24.4 Å². The van der Waals surface area contributed by atoms with Gasteiger partial charge in [-0.05, 0) is 36.8 Å². The van der Waals surface area contributed by atoms with Gasteiger partial charge in [-0.1, -0.05) is 13.0 Å². The molecule has 1 aromatic carbocycles. The maximum absolute atomic E-state index is 12.1. The zero-order valence-corrected chi connectivity index (χ0v) is 12.0. The molecule has 0 atom stereocenters. The minimum atomic E-state index is -0.179. The van der Waals surface area contributed by atoms with Crippen molar-refractivity contribution in [1.82, 2.24) is 10.3 Å². The number of carbonyl (C=O) groups excluding carboxylic acids is 1. The second-order valence-electron chi connectivity index (χ2n) is 4.60. The number of nitrogens with two attached hydrogens (primary N) is 1. The van der Waals surface area contributed by atoms with E-state index in [1.165, 1.54) is 0 Å². The Labute approximate surface area is 124 Å². The van der Waals surface area contributed by atoms with Crippen molar-refractivity contribution in [3.63, 3.8) is 0 Å². The average Bonchev–Trinajstić information content (AvgIpc) is 2.53. The molecule has 1 aromatic heterocycles. The molecule has 2 rings (SSSR count). The summed E-state index contributed by atoms with van der Waals surface area (Å²) in [6.07, 6.45) is 2.58. The van der Waals surface area contributed by atoms with Crippen molar-refractivity contribution in [2.24, 2.45) is 0 Å². The lowest BCUT2D eigenvalue weighted by Gasteiger charge is -2.10. The van der Waals surface area contributed by atoms with Crippen LogP contribution in [0, 0.1) is 0 Å². The van der Waals surface area contributed by atoms with E-state index in [-0.39, 0.29) is 5.91 Å². The highest BCUT2D eigenvalue weighted by atomic mass is 16.5. The van der Waals surface area contributed by atoms with E-state index in [0.717, 1.165) is 12.1 Å². The SMILES string of the molecule is CCCOc1cc(C(=O)NCc2ccccn2)ccc1N. The molecule has 0 bridgehead atoms. The van der Waals surface area contributed by atoms with Gasteiger partial charge in [0.1, 0.15) is 5.75 Å². The van der Waals surface area contributed by atoms with Gasteiger partial charge >= 0.3 is 0 Å². The van der Waals surface area contributed by atoms with E-state index in [2.05, 4.69) is 10.3 Å². The molecule has 2 aromatic rings. The fourth-order valence-corrected chi connectivity index (χ4v) is 1.79. The maximum Gasteiger partial charge on any atom is 0.251 e. The van der Waals surface area contributed by atoms with Crippen LogP contribution >= 0.6 is 0 Å². The van der Waals surface area contributed by atoms with Crippen LogP contribution in [0.25, 0.3) is 0 Å². The van der Waals surface area contributed by atoms with Gasteiger partial charge in [0.2, 0.25) is 0 Å².